The summed E-state index contributed by atoms with van der Waals surface area (Å²) >= 11 is 0. The Hall–Kier alpha value is -3.32. The molecular formula is C40H61N7O5Si3. The van der Waals surface area contributed by atoms with Crippen molar-refractivity contribution in [3.05, 3.63) is 60.9 Å². The third kappa shape index (κ3) is 8.25. The Balaban J connectivity index is 1.52. The summed E-state index contributed by atoms with van der Waals surface area (Å²) in [6, 6.07) is 17.5. The minimum Gasteiger partial charge on any atom is -0.414 e. The molecule has 2 aromatic carbocycles. The monoisotopic (exact) mass is 803 g/mol. The molecule has 5 aromatic rings. The van der Waals surface area contributed by atoms with E-state index >= 15 is 0 Å². The second-order valence-electron chi connectivity index (χ2n) is 19.4. The van der Waals surface area contributed by atoms with Gasteiger partial charge >= 0.3 is 0 Å². The molecule has 0 unspecified atom stereocenters. The van der Waals surface area contributed by atoms with E-state index in [0.717, 1.165) is 5.56 Å². The number of hydrogen-bond donors (Lipinski definition) is 0. The van der Waals surface area contributed by atoms with Crippen LogP contribution >= 0.6 is 0 Å². The van der Waals surface area contributed by atoms with Crippen molar-refractivity contribution in [2.45, 2.75) is 141 Å². The predicted molar refractivity (Wildman–Crippen MR) is 226 cm³/mol. The van der Waals surface area contributed by atoms with E-state index in [-0.39, 0.29) is 21.0 Å². The molecule has 12 nitrogen and oxygen atoms in total. The van der Waals surface area contributed by atoms with Crippen LogP contribution in [0.1, 0.15) is 68.5 Å². The van der Waals surface area contributed by atoms with Crippen LogP contribution in [0.25, 0.3) is 33.6 Å². The molecule has 6 rings (SSSR count). The third-order valence-corrected chi connectivity index (χ3v) is 25.8. The van der Waals surface area contributed by atoms with Gasteiger partial charge in [-0.05, 0) is 71.7 Å². The molecule has 0 spiro atoms. The largest absolute Gasteiger partial charge is 0.414 e. The molecule has 0 N–H and O–H groups in total. The smallest absolute Gasteiger partial charge is 0.280 e. The normalized spacial score (nSPS) is 20.5. The van der Waals surface area contributed by atoms with E-state index in [1.165, 1.54) is 4.85 Å². The van der Waals surface area contributed by atoms with Gasteiger partial charge < -0.3 is 22.9 Å². The highest BCUT2D eigenvalue weighted by atomic mass is 28.4. The Morgan fingerprint density at radius 2 is 1.29 bits per heavy atom. The van der Waals surface area contributed by atoms with Crippen LogP contribution in [0.4, 0.5) is 0 Å². The average Bonchev–Trinajstić information content (AvgIpc) is 3.78. The van der Waals surface area contributed by atoms with Gasteiger partial charge in [-0.3, -0.25) is 4.57 Å². The number of fused-ring (bicyclic) bond motifs is 2. The summed E-state index contributed by atoms with van der Waals surface area (Å²) in [4.78, 5) is 22.7. The third-order valence-electron chi connectivity index (χ3n) is 12.4. The number of benzene rings is 2. The summed E-state index contributed by atoms with van der Waals surface area (Å²) in [6.07, 6.45) is -0.184. The lowest BCUT2D eigenvalue weighted by Gasteiger charge is -2.44. The first kappa shape index (κ1) is 41.3. The Morgan fingerprint density at radius 3 is 1.91 bits per heavy atom. The number of nitrogens with zero attached hydrogens (tertiary/aromatic N) is 7. The van der Waals surface area contributed by atoms with Crippen LogP contribution in [0.15, 0.2) is 60.9 Å². The quantitative estimate of drug-likeness (QED) is 0.119. The van der Waals surface area contributed by atoms with Gasteiger partial charge in [-0.2, -0.15) is 4.98 Å². The molecule has 0 bridgehead atoms. The van der Waals surface area contributed by atoms with Crippen LogP contribution in [0.3, 0.4) is 0 Å². The maximum atomic E-state index is 7.45. The van der Waals surface area contributed by atoms with Crippen molar-refractivity contribution in [1.82, 2.24) is 34.7 Å². The number of aromatic nitrogens is 7. The molecule has 1 aliphatic heterocycles. The minimum absolute atomic E-state index is 0.0228. The van der Waals surface area contributed by atoms with E-state index in [1.807, 2.05) is 59.2 Å². The van der Waals surface area contributed by atoms with E-state index in [9.17, 15) is 0 Å². The van der Waals surface area contributed by atoms with Crippen molar-refractivity contribution in [2.75, 3.05) is 6.61 Å². The molecule has 15 heteroatoms. The predicted octanol–water partition coefficient (Wildman–Crippen LogP) is 9.78. The highest BCUT2D eigenvalue weighted by Crippen LogP contribution is 2.47. The molecular weight excluding hydrogens is 743 g/mol. The molecule has 0 radical (unpaired) electrons. The molecule has 0 saturated carbocycles. The number of hydrogen-bond acceptors (Lipinski definition) is 10. The fourth-order valence-electron chi connectivity index (χ4n) is 5.73. The van der Waals surface area contributed by atoms with Crippen molar-refractivity contribution in [3.8, 4) is 17.3 Å². The van der Waals surface area contributed by atoms with E-state index in [1.54, 1.807) is 6.33 Å². The fraction of sp³-hybridized carbons (Fsp3) is 0.575. The molecule has 1 aliphatic rings. The first-order valence-electron chi connectivity index (χ1n) is 19.3. The summed E-state index contributed by atoms with van der Waals surface area (Å²) in [6.45, 7) is 34.4. The standard InChI is InChI=1S/C40H61N7O5Si3/c1-38(2,3)53(10,11)48-25-30-32(51-54(12,13)39(4,5)6)33(52-55(14,15)40(7,8)9)37(49-30)46-26-41-31-35(46)42-34(27-21-17-16-18-22-27)43-36(31)50-47-29-24-20-19-23-28(29)44-45-47/h16-24,26,30,32-33,37H,25H2,1-15H3/t30-,32-,33-,37-/m1/s1. The van der Waals surface area contributed by atoms with E-state index in [0.29, 0.717) is 34.6 Å². The van der Waals surface area contributed by atoms with Crippen LogP contribution in [0, 0.1) is 0 Å². The van der Waals surface area contributed by atoms with Gasteiger partial charge in [-0.1, -0.05) is 110 Å². The lowest BCUT2D eigenvalue weighted by atomic mass is 10.1. The summed E-state index contributed by atoms with van der Waals surface area (Å²) in [5, 5.41) is 8.47. The highest BCUT2D eigenvalue weighted by molar-refractivity contribution is 6.75. The molecule has 4 atom stereocenters. The Kier molecular flexibility index (Phi) is 10.9. The van der Waals surface area contributed by atoms with Crippen LogP contribution in [0.5, 0.6) is 5.88 Å². The Labute approximate surface area is 329 Å². The number of rotatable bonds is 11. The van der Waals surface area contributed by atoms with Gasteiger partial charge in [-0.25, -0.2) is 9.97 Å². The summed E-state index contributed by atoms with van der Waals surface area (Å²) in [7, 11) is -6.91. The van der Waals surface area contributed by atoms with Gasteiger partial charge in [0.15, 0.2) is 48.2 Å². The zero-order chi connectivity index (χ0) is 40.4. The van der Waals surface area contributed by atoms with Gasteiger partial charge in [0.25, 0.3) is 5.88 Å². The minimum atomic E-state index is -2.40. The first-order chi connectivity index (χ1) is 25.4. The van der Waals surface area contributed by atoms with Crippen molar-refractivity contribution >= 4 is 47.1 Å². The second-order valence-corrected chi connectivity index (χ2v) is 33.7. The Bertz CT molecular complexity index is 2120. The Morgan fingerprint density at radius 1 is 0.709 bits per heavy atom. The van der Waals surface area contributed by atoms with E-state index in [2.05, 4.69) is 112 Å². The van der Waals surface area contributed by atoms with Gasteiger partial charge in [0, 0.05) is 5.56 Å². The van der Waals surface area contributed by atoms with Crippen LogP contribution in [0.2, 0.25) is 54.4 Å². The molecule has 1 fully saturated rings. The highest BCUT2D eigenvalue weighted by Gasteiger charge is 2.55. The van der Waals surface area contributed by atoms with Crippen LogP contribution < -0.4 is 4.84 Å². The van der Waals surface area contributed by atoms with E-state index < -0.39 is 49.5 Å². The summed E-state index contributed by atoms with van der Waals surface area (Å²) in [5.74, 6) is 0.714. The maximum Gasteiger partial charge on any atom is 0.280 e. The zero-order valence-electron chi connectivity index (χ0n) is 35.5. The first-order valence-corrected chi connectivity index (χ1v) is 28.1. The molecule has 298 valence electrons. The second kappa shape index (κ2) is 14.6. The van der Waals surface area contributed by atoms with E-state index in [4.69, 9.17) is 37.8 Å². The average molecular weight is 804 g/mol. The van der Waals surface area contributed by atoms with Gasteiger partial charge in [0.05, 0.1) is 12.9 Å². The van der Waals surface area contributed by atoms with Crippen molar-refractivity contribution < 1.29 is 22.9 Å². The van der Waals surface area contributed by atoms with Crippen LogP contribution in [-0.4, -0.2) is 84.5 Å². The van der Waals surface area contributed by atoms with Crippen molar-refractivity contribution in [1.29, 1.82) is 0 Å². The van der Waals surface area contributed by atoms with Crippen molar-refractivity contribution in [3.63, 3.8) is 0 Å². The molecule has 1 saturated heterocycles. The summed E-state index contributed by atoms with van der Waals surface area (Å²) < 4.78 is 30.9. The maximum absolute atomic E-state index is 7.45. The van der Waals surface area contributed by atoms with Gasteiger partial charge in [0.1, 0.15) is 29.3 Å². The van der Waals surface area contributed by atoms with Crippen molar-refractivity contribution in [2.24, 2.45) is 0 Å². The SMILES string of the molecule is CC(C)(C)[Si](C)(C)OC[C@H]1O[C@@H](n2cnc3c(On4nnc5ccccc54)nc(-c4ccccc4)nc32)[C@H](O[Si](C)(C)C(C)(C)C)[C@@H]1O[Si](C)(C)C(C)(C)C. The molecule has 55 heavy (non-hydrogen) atoms. The lowest BCUT2D eigenvalue weighted by Crippen LogP contribution is -2.54. The number of imidazole rings is 1. The van der Waals surface area contributed by atoms with Gasteiger partial charge in [-0.15, -0.1) is 5.10 Å². The molecule has 3 aromatic heterocycles. The van der Waals surface area contributed by atoms with Crippen LogP contribution in [-0.2, 0) is 18.0 Å². The fourth-order valence-corrected chi connectivity index (χ4v) is 9.35. The van der Waals surface area contributed by atoms with Gasteiger partial charge in [0.2, 0.25) is 0 Å². The number of para-hydroxylation sites is 1. The molecule has 4 heterocycles. The lowest BCUT2D eigenvalue weighted by molar-refractivity contribution is -0.0470. The number of ether oxygens (including phenoxy) is 1. The zero-order valence-corrected chi connectivity index (χ0v) is 38.5. The summed E-state index contributed by atoms with van der Waals surface area (Å²) in [5.41, 5.74) is 3.22. The topological polar surface area (TPSA) is 120 Å². The molecule has 0 amide bonds. The molecule has 0 aliphatic carbocycles.